The summed E-state index contributed by atoms with van der Waals surface area (Å²) in [6.45, 7) is 2.90. The zero-order valence-electron chi connectivity index (χ0n) is 12.9. The van der Waals surface area contributed by atoms with Gasteiger partial charge in [-0.3, -0.25) is 4.79 Å². The van der Waals surface area contributed by atoms with Gasteiger partial charge in [-0.25, -0.2) is 4.68 Å². The van der Waals surface area contributed by atoms with Crippen molar-refractivity contribution in [1.29, 1.82) is 0 Å². The molecule has 0 N–H and O–H groups in total. The Morgan fingerprint density at radius 3 is 2.65 bits per heavy atom. The molecular weight excluding hydrogens is 294 g/mol. The van der Waals surface area contributed by atoms with E-state index < -0.39 is 0 Å². The van der Waals surface area contributed by atoms with E-state index in [2.05, 4.69) is 5.10 Å². The lowest BCUT2D eigenvalue weighted by Crippen LogP contribution is -2.59. The summed E-state index contributed by atoms with van der Waals surface area (Å²) in [6.07, 6.45) is 2.64. The van der Waals surface area contributed by atoms with Crippen molar-refractivity contribution in [3.05, 3.63) is 48.3 Å². The number of amides is 1. The van der Waals surface area contributed by atoms with Crippen LogP contribution in [0, 0.1) is 0 Å². The average Bonchev–Trinajstić information content (AvgIpc) is 3.26. The van der Waals surface area contributed by atoms with Crippen LogP contribution in [0.1, 0.15) is 16.9 Å². The number of benzene rings is 1. The second kappa shape index (κ2) is 5.79. The van der Waals surface area contributed by atoms with Crippen LogP contribution in [0.15, 0.2) is 42.6 Å². The van der Waals surface area contributed by atoms with Gasteiger partial charge in [-0.2, -0.15) is 5.10 Å². The van der Waals surface area contributed by atoms with Crippen molar-refractivity contribution in [1.82, 2.24) is 14.7 Å². The van der Waals surface area contributed by atoms with Crippen molar-refractivity contribution >= 4 is 5.91 Å². The maximum atomic E-state index is 12.9. The highest BCUT2D eigenvalue weighted by Gasteiger charge is 2.46. The third kappa shape index (κ3) is 2.54. The van der Waals surface area contributed by atoms with E-state index in [-0.39, 0.29) is 11.4 Å². The quantitative estimate of drug-likeness (QED) is 0.843. The molecule has 3 heterocycles. The van der Waals surface area contributed by atoms with Crippen molar-refractivity contribution in [2.24, 2.45) is 0 Å². The lowest BCUT2D eigenvalue weighted by molar-refractivity contribution is -0.0553. The van der Waals surface area contributed by atoms with Crippen LogP contribution in [0.25, 0.3) is 5.69 Å². The first-order chi connectivity index (χ1) is 11.3. The fraction of sp³-hybridized carbons (Fsp3) is 0.412. The molecule has 0 unspecified atom stereocenters. The monoisotopic (exact) mass is 313 g/mol. The Morgan fingerprint density at radius 1 is 1.09 bits per heavy atom. The van der Waals surface area contributed by atoms with Crippen molar-refractivity contribution in [2.75, 3.05) is 33.0 Å². The van der Waals surface area contributed by atoms with E-state index in [1.807, 2.05) is 41.4 Å². The standard InChI is InChI=1S/C17H19N3O3/c21-16(19-9-11-23-13-17(19)7-10-22-12-17)15-6-8-20(18-15)14-4-2-1-3-5-14/h1-6,8H,7,9-13H2/t17-/m0/s1. The Hall–Kier alpha value is -2.18. The number of rotatable bonds is 2. The molecule has 0 radical (unpaired) electrons. The molecule has 0 bridgehead atoms. The minimum atomic E-state index is -0.328. The van der Waals surface area contributed by atoms with E-state index in [1.54, 1.807) is 10.7 Å². The van der Waals surface area contributed by atoms with Gasteiger partial charge in [0.15, 0.2) is 5.69 Å². The molecule has 6 heteroatoms. The van der Waals surface area contributed by atoms with E-state index in [9.17, 15) is 4.79 Å². The van der Waals surface area contributed by atoms with Crippen molar-refractivity contribution in [3.8, 4) is 5.69 Å². The van der Waals surface area contributed by atoms with Crippen LogP contribution >= 0.6 is 0 Å². The highest BCUT2D eigenvalue weighted by atomic mass is 16.5. The van der Waals surface area contributed by atoms with Gasteiger partial charge in [0.1, 0.15) is 0 Å². The molecule has 0 saturated carbocycles. The zero-order chi connectivity index (χ0) is 15.7. The van der Waals surface area contributed by atoms with E-state index in [1.165, 1.54) is 0 Å². The maximum absolute atomic E-state index is 12.9. The average molecular weight is 313 g/mol. The van der Waals surface area contributed by atoms with E-state index in [0.29, 0.717) is 38.7 Å². The number of ether oxygens (including phenoxy) is 2. The van der Waals surface area contributed by atoms with Gasteiger partial charge >= 0.3 is 0 Å². The SMILES string of the molecule is O=C(c1ccn(-c2ccccc2)n1)N1CCOC[C@@]12CCOC2. The second-order valence-corrected chi connectivity index (χ2v) is 6.02. The summed E-state index contributed by atoms with van der Waals surface area (Å²) in [6, 6.07) is 11.5. The molecule has 1 atom stereocenters. The molecule has 6 nitrogen and oxygen atoms in total. The summed E-state index contributed by atoms with van der Waals surface area (Å²) < 4.78 is 12.9. The highest BCUT2D eigenvalue weighted by molar-refractivity contribution is 5.93. The summed E-state index contributed by atoms with van der Waals surface area (Å²) >= 11 is 0. The van der Waals surface area contributed by atoms with Crippen LogP contribution in [-0.4, -0.2) is 59.1 Å². The fourth-order valence-electron chi connectivity index (χ4n) is 3.27. The summed E-state index contributed by atoms with van der Waals surface area (Å²) in [7, 11) is 0. The molecule has 1 aromatic heterocycles. The molecule has 2 fully saturated rings. The van der Waals surface area contributed by atoms with Gasteiger partial charge < -0.3 is 14.4 Å². The van der Waals surface area contributed by atoms with Gasteiger partial charge in [-0.15, -0.1) is 0 Å². The van der Waals surface area contributed by atoms with E-state index >= 15 is 0 Å². The van der Waals surface area contributed by atoms with Crippen molar-refractivity contribution < 1.29 is 14.3 Å². The highest BCUT2D eigenvalue weighted by Crippen LogP contribution is 2.30. The molecule has 2 aliphatic heterocycles. The largest absolute Gasteiger partial charge is 0.379 e. The minimum absolute atomic E-state index is 0.0477. The molecule has 1 spiro atoms. The number of hydrogen-bond acceptors (Lipinski definition) is 4. The number of para-hydroxylation sites is 1. The molecule has 2 aliphatic rings. The molecule has 1 amide bonds. The normalized spacial score (nSPS) is 24.3. The third-order valence-electron chi connectivity index (χ3n) is 4.56. The topological polar surface area (TPSA) is 56.6 Å². The molecular formula is C17H19N3O3. The summed E-state index contributed by atoms with van der Waals surface area (Å²) in [5.74, 6) is -0.0477. The third-order valence-corrected chi connectivity index (χ3v) is 4.56. The van der Waals surface area contributed by atoms with Gasteiger partial charge in [-0.1, -0.05) is 18.2 Å². The fourth-order valence-corrected chi connectivity index (χ4v) is 3.27. The molecule has 0 aliphatic carbocycles. The van der Waals surface area contributed by atoms with Crippen LogP contribution in [0.2, 0.25) is 0 Å². The Balaban J connectivity index is 1.60. The molecule has 2 saturated heterocycles. The minimum Gasteiger partial charge on any atom is -0.379 e. The van der Waals surface area contributed by atoms with Gasteiger partial charge in [0.05, 0.1) is 31.0 Å². The molecule has 4 rings (SSSR count). The number of morpholine rings is 1. The second-order valence-electron chi connectivity index (χ2n) is 6.02. The molecule has 23 heavy (non-hydrogen) atoms. The van der Waals surface area contributed by atoms with Crippen molar-refractivity contribution in [2.45, 2.75) is 12.0 Å². The van der Waals surface area contributed by atoms with Crippen LogP contribution < -0.4 is 0 Å². The predicted molar refractivity (Wildman–Crippen MR) is 83.6 cm³/mol. The Kier molecular flexibility index (Phi) is 3.63. The Labute approximate surface area is 134 Å². The molecule has 2 aromatic rings. The van der Waals surface area contributed by atoms with E-state index in [0.717, 1.165) is 12.1 Å². The van der Waals surface area contributed by atoms with Gasteiger partial charge in [0.25, 0.3) is 5.91 Å². The predicted octanol–water partition coefficient (Wildman–Crippen LogP) is 1.50. The molecule has 1 aromatic carbocycles. The zero-order valence-corrected chi connectivity index (χ0v) is 12.9. The number of nitrogens with zero attached hydrogens (tertiary/aromatic N) is 3. The summed E-state index contributed by atoms with van der Waals surface area (Å²) in [5, 5.41) is 4.45. The van der Waals surface area contributed by atoms with E-state index in [4.69, 9.17) is 9.47 Å². The summed E-state index contributed by atoms with van der Waals surface area (Å²) in [4.78, 5) is 14.8. The first-order valence-electron chi connectivity index (χ1n) is 7.87. The van der Waals surface area contributed by atoms with Gasteiger partial charge in [-0.05, 0) is 24.6 Å². The Bertz CT molecular complexity index is 692. The first-order valence-corrected chi connectivity index (χ1v) is 7.87. The van der Waals surface area contributed by atoms with Crippen LogP contribution in [0.5, 0.6) is 0 Å². The van der Waals surface area contributed by atoms with Gasteiger partial charge in [0.2, 0.25) is 0 Å². The lowest BCUT2D eigenvalue weighted by atomic mass is 9.95. The Morgan fingerprint density at radius 2 is 1.87 bits per heavy atom. The number of carbonyl (C=O) groups is 1. The van der Waals surface area contributed by atoms with Crippen molar-refractivity contribution in [3.63, 3.8) is 0 Å². The van der Waals surface area contributed by atoms with Crippen LogP contribution in [-0.2, 0) is 9.47 Å². The molecule has 120 valence electrons. The summed E-state index contributed by atoms with van der Waals surface area (Å²) in [5.41, 5.74) is 1.07. The van der Waals surface area contributed by atoms with Crippen LogP contribution in [0.4, 0.5) is 0 Å². The smallest absolute Gasteiger partial charge is 0.275 e. The first kappa shape index (κ1) is 14.4. The maximum Gasteiger partial charge on any atom is 0.275 e. The van der Waals surface area contributed by atoms with Crippen LogP contribution in [0.3, 0.4) is 0 Å². The number of aromatic nitrogens is 2. The number of carbonyl (C=O) groups excluding carboxylic acids is 1. The number of hydrogen-bond donors (Lipinski definition) is 0. The lowest BCUT2D eigenvalue weighted by Gasteiger charge is -2.43. The van der Waals surface area contributed by atoms with Gasteiger partial charge in [0, 0.05) is 19.3 Å².